The SMILES string of the molecule is CC(CNc1c(C#N)cnc2ccccc12)C(C)(C)C. The Bertz CT molecular complexity index is 647. The topological polar surface area (TPSA) is 48.7 Å². The highest BCUT2D eigenvalue weighted by Crippen LogP contribution is 2.29. The third-order valence-electron chi connectivity index (χ3n) is 3.96. The van der Waals surface area contributed by atoms with Gasteiger partial charge in [0.1, 0.15) is 6.07 Å². The van der Waals surface area contributed by atoms with Crippen molar-refractivity contribution in [3.05, 3.63) is 36.0 Å². The summed E-state index contributed by atoms with van der Waals surface area (Å²) in [6.45, 7) is 9.76. The molecule has 0 amide bonds. The summed E-state index contributed by atoms with van der Waals surface area (Å²) in [5.74, 6) is 0.501. The quantitative estimate of drug-likeness (QED) is 0.906. The van der Waals surface area contributed by atoms with Crippen LogP contribution in [0.5, 0.6) is 0 Å². The number of pyridine rings is 1. The molecule has 0 aliphatic heterocycles. The van der Waals surface area contributed by atoms with Crippen molar-refractivity contribution in [3.63, 3.8) is 0 Å². The number of aromatic nitrogens is 1. The summed E-state index contributed by atoms with van der Waals surface area (Å²) in [5.41, 5.74) is 2.65. The zero-order chi connectivity index (χ0) is 14.8. The second kappa shape index (κ2) is 5.50. The maximum atomic E-state index is 9.27. The van der Waals surface area contributed by atoms with Gasteiger partial charge in [-0.1, -0.05) is 45.9 Å². The molecule has 0 bridgehead atoms. The lowest BCUT2D eigenvalue weighted by molar-refractivity contribution is 0.274. The molecule has 1 aromatic heterocycles. The Balaban J connectivity index is 2.35. The van der Waals surface area contributed by atoms with Crippen LogP contribution in [0, 0.1) is 22.7 Å². The Morgan fingerprint density at radius 2 is 2.00 bits per heavy atom. The Labute approximate surface area is 120 Å². The summed E-state index contributed by atoms with van der Waals surface area (Å²) in [7, 11) is 0. The van der Waals surface area contributed by atoms with Crippen molar-refractivity contribution in [2.45, 2.75) is 27.7 Å². The van der Waals surface area contributed by atoms with Gasteiger partial charge < -0.3 is 5.32 Å². The van der Waals surface area contributed by atoms with Gasteiger partial charge >= 0.3 is 0 Å². The maximum Gasteiger partial charge on any atom is 0.103 e. The lowest BCUT2D eigenvalue weighted by Gasteiger charge is -2.28. The molecule has 3 nitrogen and oxygen atoms in total. The van der Waals surface area contributed by atoms with E-state index in [9.17, 15) is 5.26 Å². The molecular weight excluding hydrogens is 246 g/mol. The smallest absolute Gasteiger partial charge is 0.103 e. The van der Waals surface area contributed by atoms with Gasteiger partial charge in [0.25, 0.3) is 0 Å². The first-order valence-corrected chi connectivity index (χ1v) is 6.95. The molecule has 1 unspecified atom stereocenters. The van der Waals surface area contributed by atoms with E-state index >= 15 is 0 Å². The molecule has 1 N–H and O–H groups in total. The van der Waals surface area contributed by atoms with Crippen LogP contribution in [0.4, 0.5) is 5.69 Å². The molecule has 2 rings (SSSR count). The first kappa shape index (κ1) is 14.3. The van der Waals surface area contributed by atoms with Crippen LogP contribution in [-0.4, -0.2) is 11.5 Å². The van der Waals surface area contributed by atoms with Crippen molar-refractivity contribution in [2.24, 2.45) is 11.3 Å². The first-order chi connectivity index (χ1) is 9.43. The van der Waals surface area contributed by atoms with Crippen LogP contribution in [-0.2, 0) is 0 Å². The summed E-state index contributed by atoms with van der Waals surface area (Å²) in [5, 5.41) is 13.7. The zero-order valence-electron chi connectivity index (χ0n) is 12.6. The van der Waals surface area contributed by atoms with Crippen molar-refractivity contribution < 1.29 is 0 Å². The van der Waals surface area contributed by atoms with E-state index in [1.807, 2.05) is 24.3 Å². The minimum Gasteiger partial charge on any atom is -0.383 e. The standard InChI is InChI=1S/C17H21N3/c1-12(17(2,3)4)10-20-16-13(9-18)11-19-15-8-6-5-7-14(15)16/h5-8,11-12H,10H2,1-4H3,(H,19,20). The average molecular weight is 267 g/mol. The van der Waals surface area contributed by atoms with E-state index in [-0.39, 0.29) is 5.41 Å². The van der Waals surface area contributed by atoms with Gasteiger partial charge in [0, 0.05) is 18.1 Å². The molecule has 0 aliphatic rings. The monoisotopic (exact) mass is 267 g/mol. The van der Waals surface area contributed by atoms with Gasteiger partial charge in [0.2, 0.25) is 0 Å². The van der Waals surface area contributed by atoms with Gasteiger partial charge in [-0.05, 0) is 17.4 Å². The van der Waals surface area contributed by atoms with Gasteiger partial charge in [-0.25, -0.2) is 0 Å². The van der Waals surface area contributed by atoms with Crippen LogP contribution in [0.1, 0.15) is 33.3 Å². The molecular formula is C17H21N3. The van der Waals surface area contributed by atoms with Gasteiger partial charge in [-0.3, -0.25) is 4.98 Å². The summed E-state index contributed by atoms with van der Waals surface area (Å²) in [6, 6.07) is 10.1. The molecule has 104 valence electrons. The fourth-order valence-corrected chi connectivity index (χ4v) is 1.98. The normalized spacial score (nSPS) is 12.9. The van der Waals surface area contributed by atoms with Gasteiger partial charge in [0.05, 0.1) is 16.8 Å². The molecule has 0 saturated carbocycles. The third-order valence-corrected chi connectivity index (χ3v) is 3.96. The molecule has 0 fully saturated rings. The Hall–Kier alpha value is -2.08. The fourth-order valence-electron chi connectivity index (χ4n) is 1.98. The molecule has 0 aliphatic carbocycles. The van der Waals surface area contributed by atoms with Crippen LogP contribution < -0.4 is 5.32 Å². The van der Waals surface area contributed by atoms with E-state index in [1.54, 1.807) is 6.20 Å². The van der Waals surface area contributed by atoms with Crippen molar-refractivity contribution in [3.8, 4) is 6.07 Å². The number of fused-ring (bicyclic) bond motifs is 1. The van der Waals surface area contributed by atoms with E-state index in [1.165, 1.54) is 0 Å². The maximum absolute atomic E-state index is 9.27. The number of rotatable bonds is 3. The van der Waals surface area contributed by atoms with E-state index < -0.39 is 0 Å². The number of anilines is 1. The summed E-state index contributed by atoms with van der Waals surface area (Å²) < 4.78 is 0. The third kappa shape index (κ3) is 2.91. The second-order valence-corrected chi connectivity index (χ2v) is 6.32. The van der Waals surface area contributed by atoms with Crippen molar-refractivity contribution >= 4 is 16.6 Å². The highest BCUT2D eigenvalue weighted by molar-refractivity contribution is 5.93. The van der Waals surface area contributed by atoms with E-state index in [0.717, 1.165) is 23.1 Å². The number of nitrogens with one attached hydrogen (secondary N) is 1. The zero-order valence-corrected chi connectivity index (χ0v) is 12.6. The molecule has 2 aromatic rings. The number of benzene rings is 1. The van der Waals surface area contributed by atoms with Crippen molar-refractivity contribution in [2.75, 3.05) is 11.9 Å². The average Bonchev–Trinajstić information content (AvgIpc) is 2.43. The van der Waals surface area contributed by atoms with Crippen molar-refractivity contribution in [1.82, 2.24) is 4.98 Å². The molecule has 0 radical (unpaired) electrons. The van der Waals surface area contributed by atoms with Crippen LogP contribution in [0.25, 0.3) is 10.9 Å². The summed E-state index contributed by atoms with van der Waals surface area (Å²) in [6.07, 6.45) is 1.65. The molecule has 3 heteroatoms. The van der Waals surface area contributed by atoms with Crippen LogP contribution in [0.15, 0.2) is 30.5 Å². The Morgan fingerprint density at radius 3 is 2.65 bits per heavy atom. The largest absolute Gasteiger partial charge is 0.383 e. The summed E-state index contributed by atoms with van der Waals surface area (Å²) >= 11 is 0. The number of nitriles is 1. The van der Waals surface area contributed by atoms with Crippen LogP contribution >= 0.6 is 0 Å². The van der Waals surface area contributed by atoms with E-state index in [4.69, 9.17) is 0 Å². The van der Waals surface area contributed by atoms with Crippen LogP contribution in [0.3, 0.4) is 0 Å². The predicted molar refractivity (Wildman–Crippen MR) is 83.6 cm³/mol. The van der Waals surface area contributed by atoms with Gasteiger partial charge in [-0.2, -0.15) is 5.26 Å². The van der Waals surface area contributed by atoms with E-state index in [0.29, 0.717) is 11.5 Å². The molecule has 0 spiro atoms. The molecule has 1 heterocycles. The molecule has 0 saturated heterocycles. The van der Waals surface area contributed by atoms with Gasteiger partial charge in [0.15, 0.2) is 0 Å². The Kier molecular flexibility index (Phi) is 3.94. The predicted octanol–water partition coefficient (Wildman–Crippen LogP) is 4.20. The minimum absolute atomic E-state index is 0.239. The number of hydrogen-bond donors (Lipinski definition) is 1. The minimum atomic E-state index is 0.239. The number of para-hydroxylation sites is 1. The highest BCUT2D eigenvalue weighted by Gasteiger charge is 2.20. The number of hydrogen-bond acceptors (Lipinski definition) is 3. The summed E-state index contributed by atoms with van der Waals surface area (Å²) in [4.78, 5) is 4.33. The molecule has 20 heavy (non-hydrogen) atoms. The lowest BCUT2D eigenvalue weighted by atomic mass is 9.82. The van der Waals surface area contributed by atoms with E-state index in [2.05, 4.69) is 44.1 Å². The van der Waals surface area contributed by atoms with Crippen molar-refractivity contribution in [1.29, 1.82) is 5.26 Å². The Morgan fingerprint density at radius 1 is 1.30 bits per heavy atom. The van der Waals surface area contributed by atoms with Gasteiger partial charge in [-0.15, -0.1) is 0 Å². The highest BCUT2D eigenvalue weighted by atomic mass is 14.9. The molecule has 1 atom stereocenters. The molecule has 1 aromatic carbocycles. The van der Waals surface area contributed by atoms with Crippen LogP contribution in [0.2, 0.25) is 0 Å². The lowest BCUT2D eigenvalue weighted by Crippen LogP contribution is -2.25. The fraction of sp³-hybridized carbons (Fsp3) is 0.412. The number of nitrogens with zero attached hydrogens (tertiary/aromatic N) is 2. The second-order valence-electron chi connectivity index (χ2n) is 6.32. The first-order valence-electron chi connectivity index (χ1n) is 6.95.